The summed E-state index contributed by atoms with van der Waals surface area (Å²) in [5.74, 6) is -1.04. The van der Waals surface area contributed by atoms with Crippen LogP contribution < -0.4 is 5.32 Å². The number of hydrogen-bond donors (Lipinski definition) is 1. The van der Waals surface area contributed by atoms with Crippen molar-refractivity contribution in [2.45, 2.75) is 13.0 Å². The van der Waals surface area contributed by atoms with E-state index in [-0.39, 0.29) is 17.1 Å². The highest BCUT2D eigenvalue weighted by Crippen LogP contribution is 2.35. The molecule has 7 heteroatoms. The molecule has 0 saturated carbocycles. The Hall–Kier alpha value is -3.45. The van der Waals surface area contributed by atoms with E-state index >= 15 is 0 Å². The molecule has 4 rings (SSSR count). The standard InChI is InChI=1S/C24H21FN2O3S/c25-21-13-11-19(12-14-21)17-27-24(28)22(26-16-15-18-7-3-1-4-8-18)23(31(27,29)30)20-9-5-2-6-10-20/h1-14,26H,15-17H2. The van der Waals surface area contributed by atoms with Gasteiger partial charge >= 0.3 is 0 Å². The quantitative estimate of drug-likeness (QED) is 0.613. The molecular formula is C24H21FN2O3S. The molecule has 0 aromatic heterocycles. The van der Waals surface area contributed by atoms with E-state index in [0.29, 0.717) is 24.1 Å². The zero-order valence-corrected chi connectivity index (χ0v) is 17.5. The van der Waals surface area contributed by atoms with Crippen LogP contribution >= 0.6 is 0 Å². The number of sulfonamides is 1. The van der Waals surface area contributed by atoms with Crippen LogP contribution in [0.15, 0.2) is 90.6 Å². The molecule has 3 aromatic carbocycles. The zero-order valence-electron chi connectivity index (χ0n) is 16.7. The van der Waals surface area contributed by atoms with Crippen molar-refractivity contribution in [3.05, 3.63) is 113 Å². The average molecular weight is 437 g/mol. The largest absolute Gasteiger partial charge is 0.379 e. The summed E-state index contributed by atoms with van der Waals surface area (Å²) >= 11 is 0. The van der Waals surface area contributed by atoms with Gasteiger partial charge in [-0.1, -0.05) is 72.8 Å². The average Bonchev–Trinajstić information content (AvgIpc) is 2.96. The van der Waals surface area contributed by atoms with Crippen LogP contribution in [0.3, 0.4) is 0 Å². The lowest BCUT2D eigenvalue weighted by Gasteiger charge is -2.16. The van der Waals surface area contributed by atoms with Crippen LogP contribution in [0.25, 0.3) is 4.91 Å². The minimum atomic E-state index is -4.08. The fraction of sp³-hybridized carbons (Fsp3) is 0.125. The van der Waals surface area contributed by atoms with Crippen LogP contribution in [0.2, 0.25) is 0 Å². The highest BCUT2D eigenvalue weighted by Gasteiger charge is 2.44. The van der Waals surface area contributed by atoms with Crippen molar-refractivity contribution >= 4 is 20.8 Å². The molecule has 31 heavy (non-hydrogen) atoms. The van der Waals surface area contributed by atoms with Crippen molar-refractivity contribution in [3.8, 4) is 0 Å². The van der Waals surface area contributed by atoms with Crippen molar-refractivity contribution in [1.82, 2.24) is 9.62 Å². The fourth-order valence-electron chi connectivity index (χ4n) is 3.50. The summed E-state index contributed by atoms with van der Waals surface area (Å²) in [6.07, 6.45) is 0.637. The number of amides is 1. The first-order valence-corrected chi connectivity index (χ1v) is 11.3. The molecule has 0 radical (unpaired) electrons. The Balaban J connectivity index is 1.65. The van der Waals surface area contributed by atoms with E-state index in [1.54, 1.807) is 30.3 Å². The molecule has 1 amide bonds. The monoisotopic (exact) mass is 436 g/mol. The normalized spacial score (nSPS) is 15.4. The Morgan fingerprint density at radius 1 is 0.806 bits per heavy atom. The first-order chi connectivity index (χ1) is 15.0. The number of benzene rings is 3. The number of hydrogen-bond acceptors (Lipinski definition) is 4. The zero-order chi connectivity index (χ0) is 21.8. The second-order valence-corrected chi connectivity index (χ2v) is 8.97. The third kappa shape index (κ3) is 4.36. The second-order valence-electron chi connectivity index (χ2n) is 7.18. The van der Waals surface area contributed by atoms with Gasteiger partial charge in [0.15, 0.2) is 0 Å². The van der Waals surface area contributed by atoms with Crippen molar-refractivity contribution in [2.24, 2.45) is 0 Å². The summed E-state index contributed by atoms with van der Waals surface area (Å²) in [7, 11) is -4.08. The van der Waals surface area contributed by atoms with Gasteiger partial charge in [-0.2, -0.15) is 0 Å². The van der Waals surface area contributed by atoms with E-state index in [0.717, 1.165) is 9.87 Å². The Morgan fingerprint density at radius 2 is 1.42 bits per heavy atom. The molecule has 1 aliphatic heterocycles. The number of carbonyl (C=O) groups excluding carboxylic acids is 1. The van der Waals surface area contributed by atoms with Crippen molar-refractivity contribution in [3.63, 3.8) is 0 Å². The predicted molar refractivity (Wildman–Crippen MR) is 117 cm³/mol. The van der Waals surface area contributed by atoms with Crippen molar-refractivity contribution in [2.75, 3.05) is 6.54 Å². The number of carbonyl (C=O) groups is 1. The Bertz CT molecular complexity index is 1210. The summed E-state index contributed by atoms with van der Waals surface area (Å²) in [6, 6.07) is 23.7. The van der Waals surface area contributed by atoms with Crippen LogP contribution in [0.1, 0.15) is 16.7 Å². The van der Waals surface area contributed by atoms with E-state index in [2.05, 4.69) is 5.32 Å². The summed E-state index contributed by atoms with van der Waals surface area (Å²) in [6.45, 7) is 0.239. The van der Waals surface area contributed by atoms with Crippen molar-refractivity contribution in [1.29, 1.82) is 0 Å². The Labute approximate surface area is 180 Å². The van der Waals surface area contributed by atoms with Gasteiger partial charge in [-0.25, -0.2) is 17.1 Å². The van der Waals surface area contributed by atoms with E-state index in [1.807, 2.05) is 30.3 Å². The lowest BCUT2D eigenvalue weighted by Crippen LogP contribution is -2.33. The lowest BCUT2D eigenvalue weighted by atomic mass is 10.1. The maximum Gasteiger partial charge on any atom is 0.285 e. The molecule has 1 N–H and O–H groups in total. The van der Waals surface area contributed by atoms with Crippen LogP contribution in [0.4, 0.5) is 4.39 Å². The van der Waals surface area contributed by atoms with Crippen LogP contribution in [-0.2, 0) is 27.8 Å². The third-order valence-electron chi connectivity index (χ3n) is 5.05. The van der Waals surface area contributed by atoms with Crippen LogP contribution in [-0.4, -0.2) is 25.2 Å². The summed E-state index contributed by atoms with van der Waals surface area (Å²) < 4.78 is 40.8. The SMILES string of the molecule is O=C1C(NCCc2ccccc2)=C(c2ccccc2)S(=O)(=O)N1Cc1ccc(F)cc1. The fourth-order valence-corrected chi connectivity index (χ4v) is 5.20. The second kappa shape index (κ2) is 8.73. The van der Waals surface area contributed by atoms with Gasteiger partial charge in [-0.05, 0) is 35.2 Å². The van der Waals surface area contributed by atoms with E-state index in [1.165, 1.54) is 24.3 Å². The smallest absolute Gasteiger partial charge is 0.285 e. The lowest BCUT2D eigenvalue weighted by molar-refractivity contribution is -0.122. The molecule has 158 valence electrons. The van der Waals surface area contributed by atoms with Crippen molar-refractivity contribution < 1.29 is 17.6 Å². The molecule has 0 saturated heterocycles. The van der Waals surface area contributed by atoms with Gasteiger partial charge in [0.2, 0.25) is 0 Å². The number of nitrogens with zero attached hydrogens (tertiary/aromatic N) is 1. The minimum Gasteiger partial charge on any atom is -0.379 e. The number of nitrogens with one attached hydrogen (secondary N) is 1. The summed E-state index contributed by atoms with van der Waals surface area (Å²) in [5.41, 5.74) is 2.11. The molecule has 5 nitrogen and oxygen atoms in total. The molecule has 3 aromatic rings. The Kier molecular flexibility index (Phi) is 5.86. The van der Waals surface area contributed by atoms with Gasteiger partial charge in [0.25, 0.3) is 15.9 Å². The molecule has 0 spiro atoms. The first-order valence-electron chi connectivity index (χ1n) is 9.86. The molecule has 0 unspecified atom stereocenters. The highest BCUT2D eigenvalue weighted by atomic mass is 32.2. The predicted octanol–water partition coefficient (Wildman–Crippen LogP) is 3.70. The molecule has 0 bridgehead atoms. The summed E-state index contributed by atoms with van der Waals surface area (Å²) in [5, 5.41) is 3.06. The van der Waals surface area contributed by atoms with E-state index in [9.17, 15) is 17.6 Å². The summed E-state index contributed by atoms with van der Waals surface area (Å²) in [4.78, 5) is 13.1. The third-order valence-corrected chi connectivity index (χ3v) is 6.88. The molecule has 0 atom stereocenters. The molecule has 0 fully saturated rings. The Morgan fingerprint density at radius 3 is 2.06 bits per heavy atom. The minimum absolute atomic E-state index is 0.0340. The van der Waals surface area contributed by atoms with Gasteiger partial charge in [0.1, 0.15) is 16.4 Å². The van der Waals surface area contributed by atoms with Gasteiger partial charge < -0.3 is 5.32 Å². The van der Waals surface area contributed by atoms with E-state index in [4.69, 9.17) is 0 Å². The first kappa shape index (κ1) is 20.8. The van der Waals surface area contributed by atoms with Gasteiger partial charge in [-0.3, -0.25) is 4.79 Å². The number of rotatable bonds is 7. The van der Waals surface area contributed by atoms with Crippen LogP contribution in [0.5, 0.6) is 0 Å². The molecular weight excluding hydrogens is 415 g/mol. The number of halogens is 1. The van der Waals surface area contributed by atoms with Crippen LogP contribution in [0, 0.1) is 5.82 Å². The molecule has 1 heterocycles. The van der Waals surface area contributed by atoms with Gasteiger partial charge in [0, 0.05) is 6.54 Å². The van der Waals surface area contributed by atoms with Gasteiger partial charge in [-0.15, -0.1) is 0 Å². The highest BCUT2D eigenvalue weighted by molar-refractivity contribution is 7.99. The van der Waals surface area contributed by atoms with E-state index < -0.39 is 21.7 Å². The molecule has 0 aliphatic carbocycles. The maximum absolute atomic E-state index is 13.4. The topological polar surface area (TPSA) is 66.5 Å². The molecule has 1 aliphatic rings. The maximum atomic E-state index is 13.4. The van der Waals surface area contributed by atoms with Gasteiger partial charge in [0.05, 0.1) is 6.54 Å².